The number of benzene rings is 1. The van der Waals surface area contributed by atoms with Gasteiger partial charge in [-0.15, -0.1) is 0 Å². The Morgan fingerprint density at radius 1 is 1.25 bits per heavy atom. The Labute approximate surface area is 71.8 Å². The molecule has 0 radical (unpaired) electrons. The molecule has 0 fully saturated rings. The van der Waals surface area contributed by atoms with E-state index in [0.29, 0.717) is 5.56 Å². The number of hydrazine groups is 1. The zero-order valence-corrected chi connectivity index (χ0v) is 7.22. The molecule has 0 atom stereocenters. The van der Waals surface area contributed by atoms with E-state index in [1.807, 2.05) is 19.1 Å². The molecule has 3 nitrogen and oxygen atoms in total. The van der Waals surface area contributed by atoms with Gasteiger partial charge in [0.2, 0.25) is 0 Å². The van der Waals surface area contributed by atoms with Gasteiger partial charge in [-0.2, -0.15) is 0 Å². The zero-order valence-electron chi connectivity index (χ0n) is 7.22. The minimum Gasteiger partial charge on any atom is -0.288 e. The van der Waals surface area contributed by atoms with E-state index in [-0.39, 0.29) is 5.91 Å². The van der Waals surface area contributed by atoms with Gasteiger partial charge in [-0.3, -0.25) is 10.2 Å². The van der Waals surface area contributed by atoms with Crippen molar-refractivity contribution in [2.45, 2.75) is 6.92 Å². The molecule has 3 heteroatoms. The Morgan fingerprint density at radius 3 is 2.33 bits per heavy atom. The Hall–Kier alpha value is -1.35. The maximum atomic E-state index is 11.2. The van der Waals surface area contributed by atoms with Gasteiger partial charge < -0.3 is 0 Å². The van der Waals surface area contributed by atoms with Crippen LogP contribution in [0.1, 0.15) is 15.9 Å². The first-order chi connectivity index (χ1) is 5.74. The van der Waals surface area contributed by atoms with E-state index in [1.165, 1.54) is 0 Å². The molecule has 1 aromatic carbocycles. The van der Waals surface area contributed by atoms with E-state index in [0.717, 1.165) is 5.56 Å². The molecule has 0 aromatic heterocycles. The third-order valence-electron chi connectivity index (χ3n) is 1.55. The first-order valence-electron chi connectivity index (χ1n) is 3.78. The van der Waals surface area contributed by atoms with Crippen LogP contribution in [0.4, 0.5) is 0 Å². The summed E-state index contributed by atoms with van der Waals surface area (Å²) in [4.78, 5) is 11.2. The van der Waals surface area contributed by atoms with Gasteiger partial charge in [0, 0.05) is 12.6 Å². The molecule has 1 aromatic rings. The van der Waals surface area contributed by atoms with E-state index in [4.69, 9.17) is 0 Å². The fourth-order valence-electron chi connectivity index (χ4n) is 0.891. The van der Waals surface area contributed by atoms with E-state index < -0.39 is 0 Å². The first kappa shape index (κ1) is 8.74. The summed E-state index contributed by atoms with van der Waals surface area (Å²) in [6.07, 6.45) is 0. The molecule has 0 bridgehead atoms. The van der Waals surface area contributed by atoms with E-state index in [9.17, 15) is 4.79 Å². The van der Waals surface area contributed by atoms with Crippen molar-refractivity contribution in [3.05, 3.63) is 35.4 Å². The lowest BCUT2D eigenvalue weighted by Gasteiger charge is -2.02. The SMILES string of the molecule is CNNC(=O)c1ccc(C)cc1. The van der Waals surface area contributed by atoms with Crippen LogP contribution in [-0.4, -0.2) is 13.0 Å². The number of aryl methyl sites for hydroxylation is 1. The van der Waals surface area contributed by atoms with Crippen molar-refractivity contribution < 1.29 is 4.79 Å². The zero-order chi connectivity index (χ0) is 8.97. The number of amides is 1. The van der Waals surface area contributed by atoms with Gasteiger partial charge in [0.25, 0.3) is 5.91 Å². The second-order valence-electron chi connectivity index (χ2n) is 2.57. The fourth-order valence-corrected chi connectivity index (χ4v) is 0.891. The molecular formula is C9H12N2O. The molecule has 0 saturated carbocycles. The Bertz CT molecular complexity index is 266. The van der Waals surface area contributed by atoms with Crippen LogP contribution in [0.2, 0.25) is 0 Å². The lowest BCUT2D eigenvalue weighted by atomic mass is 10.1. The van der Waals surface area contributed by atoms with Crippen LogP contribution in [0.25, 0.3) is 0 Å². The molecular weight excluding hydrogens is 152 g/mol. The van der Waals surface area contributed by atoms with Gasteiger partial charge in [-0.05, 0) is 19.1 Å². The van der Waals surface area contributed by atoms with E-state index in [2.05, 4.69) is 10.9 Å². The quantitative estimate of drug-likeness (QED) is 0.636. The number of carbonyl (C=O) groups is 1. The Morgan fingerprint density at radius 2 is 1.83 bits per heavy atom. The maximum absolute atomic E-state index is 11.2. The molecule has 1 rings (SSSR count). The summed E-state index contributed by atoms with van der Waals surface area (Å²) < 4.78 is 0. The highest BCUT2D eigenvalue weighted by molar-refractivity contribution is 5.93. The highest BCUT2D eigenvalue weighted by Crippen LogP contribution is 2.01. The number of hydrogen-bond donors (Lipinski definition) is 2. The second-order valence-corrected chi connectivity index (χ2v) is 2.57. The molecule has 1 amide bonds. The summed E-state index contributed by atoms with van der Waals surface area (Å²) in [5.41, 5.74) is 6.88. The predicted molar refractivity (Wildman–Crippen MR) is 47.7 cm³/mol. The van der Waals surface area contributed by atoms with Crippen LogP contribution >= 0.6 is 0 Å². The third kappa shape index (κ3) is 2.07. The van der Waals surface area contributed by atoms with E-state index >= 15 is 0 Å². The first-order valence-corrected chi connectivity index (χ1v) is 3.78. The number of nitrogens with one attached hydrogen (secondary N) is 2. The van der Waals surface area contributed by atoms with Crippen molar-refractivity contribution in [3.63, 3.8) is 0 Å². The smallest absolute Gasteiger partial charge is 0.265 e. The van der Waals surface area contributed by atoms with Gasteiger partial charge in [-0.25, -0.2) is 5.43 Å². The summed E-state index contributed by atoms with van der Waals surface area (Å²) in [7, 11) is 1.66. The van der Waals surface area contributed by atoms with Gasteiger partial charge in [0.05, 0.1) is 0 Å². The van der Waals surface area contributed by atoms with Gasteiger partial charge in [0.1, 0.15) is 0 Å². The van der Waals surface area contributed by atoms with Crippen molar-refractivity contribution in [1.29, 1.82) is 0 Å². The molecule has 0 aliphatic rings. The third-order valence-corrected chi connectivity index (χ3v) is 1.55. The lowest BCUT2D eigenvalue weighted by molar-refractivity contribution is 0.0938. The highest BCUT2D eigenvalue weighted by atomic mass is 16.2. The van der Waals surface area contributed by atoms with Crippen LogP contribution in [0.15, 0.2) is 24.3 Å². The summed E-state index contributed by atoms with van der Waals surface area (Å²) in [6, 6.07) is 7.40. The maximum Gasteiger partial charge on any atom is 0.265 e. The van der Waals surface area contributed by atoms with E-state index in [1.54, 1.807) is 19.2 Å². The monoisotopic (exact) mass is 164 g/mol. The van der Waals surface area contributed by atoms with Crippen molar-refractivity contribution in [2.24, 2.45) is 0 Å². The predicted octanol–water partition coefficient (Wildman–Crippen LogP) is 0.859. The molecule has 64 valence electrons. The number of hydrogen-bond acceptors (Lipinski definition) is 2. The van der Waals surface area contributed by atoms with Crippen LogP contribution < -0.4 is 10.9 Å². The van der Waals surface area contributed by atoms with Crippen molar-refractivity contribution in [3.8, 4) is 0 Å². The summed E-state index contributed by atoms with van der Waals surface area (Å²) >= 11 is 0. The minimum atomic E-state index is -0.113. The molecule has 0 aliphatic carbocycles. The second kappa shape index (κ2) is 3.88. The summed E-state index contributed by atoms with van der Waals surface area (Å²) in [5.74, 6) is -0.113. The summed E-state index contributed by atoms with van der Waals surface area (Å²) in [5, 5.41) is 0. The van der Waals surface area contributed by atoms with Crippen LogP contribution in [0, 0.1) is 6.92 Å². The molecule has 0 heterocycles. The molecule has 2 N–H and O–H groups in total. The Kier molecular flexibility index (Phi) is 2.82. The summed E-state index contributed by atoms with van der Waals surface area (Å²) in [6.45, 7) is 1.99. The van der Waals surface area contributed by atoms with Crippen molar-refractivity contribution in [1.82, 2.24) is 10.9 Å². The van der Waals surface area contributed by atoms with Crippen LogP contribution in [0.5, 0.6) is 0 Å². The van der Waals surface area contributed by atoms with Crippen molar-refractivity contribution >= 4 is 5.91 Å². The number of rotatable bonds is 2. The fraction of sp³-hybridized carbons (Fsp3) is 0.222. The molecule has 0 saturated heterocycles. The molecule has 0 unspecified atom stereocenters. The highest BCUT2D eigenvalue weighted by Gasteiger charge is 2.01. The van der Waals surface area contributed by atoms with Crippen molar-refractivity contribution in [2.75, 3.05) is 7.05 Å². The van der Waals surface area contributed by atoms with Crippen LogP contribution in [0.3, 0.4) is 0 Å². The number of carbonyl (C=O) groups excluding carboxylic acids is 1. The standard InChI is InChI=1S/C9H12N2O/c1-7-3-5-8(6-4-7)9(12)11-10-2/h3-6,10H,1-2H3,(H,11,12). The lowest BCUT2D eigenvalue weighted by Crippen LogP contribution is -2.33. The molecule has 0 spiro atoms. The Balaban J connectivity index is 2.75. The average molecular weight is 164 g/mol. The van der Waals surface area contributed by atoms with Crippen LogP contribution in [-0.2, 0) is 0 Å². The minimum absolute atomic E-state index is 0.113. The largest absolute Gasteiger partial charge is 0.288 e. The normalized spacial score (nSPS) is 9.50. The van der Waals surface area contributed by atoms with Gasteiger partial charge in [-0.1, -0.05) is 17.7 Å². The average Bonchev–Trinajstić information content (AvgIpc) is 2.06. The van der Waals surface area contributed by atoms with Gasteiger partial charge >= 0.3 is 0 Å². The molecule has 0 aliphatic heterocycles. The van der Waals surface area contributed by atoms with Gasteiger partial charge in [0.15, 0.2) is 0 Å². The molecule has 12 heavy (non-hydrogen) atoms. The topological polar surface area (TPSA) is 41.1 Å².